The van der Waals surface area contributed by atoms with Crippen LogP contribution in [0.5, 0.6) is 0 Å². The number of hydrogen-bond donors (Lipinski definition) is 3. The van der Waals surface area contributed by atoms with Gasteiger partial charge in [0.25, 0.3) is 0 Å². The molecule has 0 aromatic carbocycles. The average Bonchev–Trinajstić information content (AvgIpc) is 2.24. The van der Waals surface area contributed by atoms with Crippen LogP contribution in [0.1, 0.15) is 6.92 Å². The third kappa shape index (κ3) is 9.35. The monoisotopic (exact) mass is 310 g/mol. The van der Waals surface area contributed by atoms with E-state index in [0.717, 1.165) is 0 Å². The summed E-state index contributed by atoms with van der Waals surface area (Å²) in [6.07, 6.45) is 0. The Balaban J connectivity index is 4.81. The Bertz CT molecular complexity index is 379. The third-order valence-electron chi connectivity index (χ3n) is 2.57. The van der Waals surface area contributed by atoms with Crippen LogP contribution < -0.4 is 0 Å². The van der Waals surface area contributed by atoms with Gasteiger partial charge in [0.05, 0.1) is 0 Å². The van der Waals surface area contributed by atoms with Gasteiger partial charge >= 0.3 is 23.9 Å². The van der Waals surface area contributed by atoms with Crippen LogP contribution in [0.4, 0.5) is 0 Å². The van der Waals surface area contributed by atoms with Gasteiger partial charge in [-0.25, -0.2) is 0 Å². The van der Waals surface area contributed by atoms with E-state index in [0.29, 0.717) is 0 Å². The van der Waals surface area contributed by atoms with Gasteiger partial charge in [0.1, 0.15) is 0 Å². The third-order valence-corrected chi connectivity index (χ3v) is 2.57. The highest BCUT2D eigenvalue weighted by atomic mass is 16.4. The summed E-state index contributed by atoms with van der Waals surface area (Å²) in [6.45, 7) is 0.225. The second-order valence-corrected chi connectivity index (χ2v) is 4.60. The molecule has 10 nitrogen and oxygen atoms in total. The molecule has 0 aromatic rings. The molecule has 0 aliphatic rings. The molecule has 10 heteroatoms. The molecule has 0 bridgehead atoms. The standard InChI is InChI=1S/C11H18N2O8/c1-7(13(5-10(18)19)6-11(20)21)2-12(3-8(14)15)4-9(16)17/h7H,2-6H2,1H3,(H,14,15)(H,16,17)(H,18,19)(H,20,21)/p+4. The summed E-state index contributed by atoms with van der Waals surface area (Å²) >= 11 is 0. The topological polar surface area (TPSA) is 171 Å². The second-order valence-electron chi connectivity index (χ2n) is 4.60. The fourth-order valence-electron chi connectivity index (χ4n) is 1.81. The number of rotatable bonds is 11. The molecule has 0 aliphatic heterocycles. The van der Waals surface area contributed by atoms with E-state index < -0.39 is 29.9 Å². The predicted octanol–water partition coefficient (Wildman–Crippen LogP) is -2.59. The molecule has 8 N–H and O–H groups in total. The molecule has 1 atom stereocenters. The van der Waals surface area contributed by atoms with Crippen molar-refractivity contribution in [3.05, 3.63) is 0 Å². The van der Waals surface area contributed by atoms with Crippen molar-refractivity contribution in [3.8, 4) is 0 Å². The quantitative estimate of drug-likeness (QED) is 0.353. The number of hydrogen-bond acceptors (Lipinski definition) is 3. The first-order valence-corrected chi connectivity index (χ1v) is 6.03. The lowest BCUT2D eigenvalue weighted by Gasteiger charge is -2.27. The van der Waals surface area contributed by atoms with Gasteiger partial charge in [-0.15, -0.1) is 0 Å². The molecule has 0 saturated carbocycles. The normalized spacial score (nSPS) is 12.3. The maximum Gasteiger partial charge on any atom is 0.530 e. The van der Waals surface area contributed by atoms with Crippen LogP contribution in [0.15, 0.2) is 0 Å². The van der Waals surface area contributed by atoms with Crippen molar-refractivity contribution < 1.29 is 39.6 Å². The average molecular weight is 310 g/mol. The zero-order chi connectivity index (χ0) is 16.6. The number of carbonyl (C=O) groups excluding carboxylic acids is 1. The summed E-state index contributed by atoms with van der Waals surface area (Å²) in [7, 11) is 0. The number of aliphatic hydroxyl groups excluding tert-OH is 3. The van der Waals surface area contributed by atoms with Crippen LogP contribution in [0, 0.1) is 0 Å². The number of carboxylic acids is 3. The van der Waals surface area contributed by atoms with Gasteiger partial charge in [0.2, 0.25) is 0 Å². The molecule has 0 amide bonds. The summed E-state index contributed by atoms with van der Waals surface area (Å²) < 4.78 is 0. The van der Waals surface area contributed by atoms with E-state index in [1.807, 2.05) is 0 Å². The van der Waals surface area contributed by atoms with Gasteiger partial charge in [-0.2, -0.15) is 0 Å². The van der Waals surface area contributed by atoms with Crippen molar-refractivity contribution in [2.24, 2.45) is 0 Å². The summed E-state index contributed by atoms with van der Waals surface area (Å²) in [5, 5.41) is 33.5. The lowest BCUT2D eigenvalue weighted by molar-refractivity contribution is -0.138. The Morgan fingerprint density at radius 1 is 1.00 bits per heavy atom. The molecule has 120 valence electrons. The Hall–Kier alpha value is -2.20. The molecule has 0 rings (SSSR count). The molecular formula is C11H22N2O8+4. The first-order valence-electron chi connectivity index (χ1n) is 6.03. The fourth-order valence-corrected chi connectivity index (χ4v) is 1.81. The number of carbonyl (C=O) groups is 1. The SMILES string of the molecule is CC(CN(CC(O)=[OH+])CC(O)=[OH+])N(CC(=O)[OH2+])CC(O)=[OH+]. The van der Waals surface area contributed by atoms with Gasteiger partial charge in [-0.1, -0.05) is 0 Å². The first kappa shape index (κ1) is 18.8. The molecule has 21 heavy (non-hydrogen) atoms. The van der Waals surface area contributed by atoms with E-state index in [9.17, 15) is 4.79 Å². The second kappa shape index (κ2) is 8.87. The molecule has 0 saturated heterocycles. The summed E-state index contributed by atoms with van der Waals surface area (Å²) in [4.78, 5) is 40.0. The highest BCUT2D eigenvalue weighted by Crippen LogP contribution is 2.03. The maximum atomic E-state index is 10.9. The summed E-state index contributed by atoms with van der Waals surface area (Å²) in [5.41, 5.74) is 0. The van der Waals surface area contributed by atoms with E-state index in [-0.39, 0.29) is 32.7 Å². The Kier molecular flexibility index (Phi) is 7.94. The number of carboxylic acid groups (broad SMARTS) is 3. The van der Waals surface area contributed by atoms with Crippen molar-refractivity contribution in [1.29, 1.82) is 0 Å². The van der Waals surface area contributed by atoms with E-state index in [2.05, 4.69) is 0 Å². The van der Waals surface area contributed by atoms with Crippen LogP contribution in [-0.2, 0) is 4.79 Å². The van der Waals surface area contributed by atoms with Crippen LogP contribution in [0.2, 0.25) is 0 Å². The summed E-state index contributed by atoms with van der Waals surface area (Å²) in [5.74, 6) is -3.71. The van der Waals surface area contributed by atoms with E-state index >= 15 is 0 Å². The highest BCUT2D eigenvalue weighted by Gasteiger charge is 2.29. The molecule has 0 heterocycles. The lowest BCUT2D eigenvalue weighted by atomic mass is 10.2. The van der Waals surface area contributed by atoms with Crippen LogP contribution in [0.25, 0.3) is 0 Å². The predicted molar refractivity (Wildman–Crippen MR) is 74.8 cm³/mol. The van der Waals surface area contributed by atoms with Gasteiger partial charge in [0.15, 0.2) is 26.2 Å². The minimum absolute atomic E-state index is 0.0514. The minimum atomic E-state index is -0.928. The van der Waals surface area contributed by atoms with E-state index in [4.69, 9.17) is 34.8 Å². The first-order chi connectivity index (χ1) is 9.61. The molecular weight excluding hydrogens is 288 g/mol. The molecule has 0 spiro atoms. The van der Waals surface area contributed by atoms with E-state index in [1.54, 1.807) is 6.92 Å². The van der Waals surface area contributed by atoms with Crippen LogP contribution >= 0.6 is 0 Å². The zero-order valence-corrected chi connectivity index (χ0v) is 11.6. The Morgan fingerprint density at radius 3 is 1.76 bits per heavy atom. The number of aliphatic carboxylic acids is 3. The highest BCUT2D eigenvalue weighted by molar-refractivity contribution is 5.74. The van der Waals surface area contributed by atoms with Crippen LogP contribution in [0.3, 0.4) is 0 Å². The van der Waals surface area contributed by atoms with Gasteiger partial charge in [0, 0.05) is 17.4 Å². The molecule has 0 radical (unpaired) electrons. The smallest absolute Gasteiger partial charge is 0.530 e. The van der Waals surface area contributed by atoms with Crippen molar-refractivity contribution >= 4 is 23.9 Å². The van der Waals surface area contributed by atoms with Crippen molar-refractivity contribution in [2.75, 3.05) is 32.7 Å². The van der Waals surface area contributed by atoms with Crippen molar-refractivity contribution in [1.82, 2.24) is 9.80 Å². The molecule has 1 unspecified atom stereocenters. The zero-order valence-electron chi connectivity index (χ0n) is 11.6. The maximum absolute atomic E-state index is 10.9. The lowest BCUT2D eigenvalue weighted by Crippen LogP contribution is -2.48. The minimum Gasteiger partial charge on any atom is -0.564 e. The van der Waals surface area contributed by atoms with Crippen molar-refractivity contribution in [2.45, 2.75) is 13.0 Å². The number of nitrogens with zero attached hydrogens (tertiary/aromatic N) is 2. The Labute approximate surface area is 120 Å². The molecule has 0 aliphatic carbocycles. The fraction of sp³-hybridized carbons (Fsp3) is 0.636. The molecule has 0 fully saturated rings. The van der Waals surface area contributed by atoms with Crippen LogP contribution in [-0.4, -0.2) is 107 Å². The largest absolute Gasteiger partial charge is 0.564 e. The Morgan fingerprint density at radius 2 is 1.43 bits per heavy atom. The van der Waals surface area contributed by atoms with Gasteiger partial charge < -0.3 is 34.8 Å². The summed E-state index contributed by atoms with van der Waals surface area (Å²) in [6, 6.07) is -0.507. The molecule has 0 aromatic heterocycles. The van der Waals surface area contributed by atoms with E-state index in [1.165, 1.54) is 9.80 Å². The van der Waals surface area contributed by atoms with Crippen molar-refractivity contribution in [3.63, 3.8) is 0 Å². The van der Waals surface area contributed by atoms with Gasteiger partial charge in [-0.3, -0.25) is 9.80 Å². The van der Waals surface area contributed by atoms with Gasteiger partial charge in [-0.05, 0) is 6.92 Å².